The molecule has 0 aliphatic rings. The lowest BCUT2D eigenvalue weighted by Gasteiger charge is -2.15. The third-order valence-electron chi connectivity index (χ3n) is 2.81. The van der Waals surface area contributed by atoms with Crippen LogP contribution in [0, 0.1) is 5.92 Å². The first-order chi connectivity index (χ1) is 7.35. The zero-order chi connectivity index (χ0) is 11.4. The van der Waals surface area contributed by atoms with Gasteiger partial charge in [0.15, 0.2) is 0 Å². The molecule has 0 aromatic rings. The van der Waals surface area contributed by atoms with Gasteiger partial charge >= 0.3 is 0 Å². The first-order valence-electron chi connectivity index (χ1n) is 6.17. The molecule has 0 atom stereocenters. The molecule has 0 N–H and O–H groups in total. The van der Waals surface area contributed by atoms with E-state index in [0.29, 0.717) is 0 Å². The van der Waals surface area contributed by atoms with Crippen LogP contribution in [0.15, 0.2) is 0 Å². The molecule has 0 unspecified atom stereocenters. The van der Waals surface area contributed by atoms with E-state index in [1.165, 1.54) is 51.4 Å². The van der Waals surface area contributed by atoms with Crippen molar-refractivity contribution >= 4 is 37.9 Å². The minimum absolute atomic E-state index is 0.928. The van der Waals surface area contributed by atoms with Crippen LogP contribution in [0.25, 0.3) is 0 Å². The van der Waals surface area contributed by atoms with Crippen LogP contribution in [-0.4, -0.2) is 17.3 Å². The van der Waals surface area contributed by atoms with Crippen LogP contribution in [0.1, 0.15) is 51.4 Å². The zero-order valence-electron chi connectivity index (χ0n) is 9.70. The van der Waals surface area contributed by atoms with Crippen molar-refractivity contribution in [1.29, 1.82) is 0 Å². The predicted molar refractivity (Wildman–Crippen MR) is 82.0 cm³/mol. The highest BCUT2D eigenvalue weighted by Crippen LogP contribution is 2.21. The molecule has 0 radical (unpaired) electrons. The SMILES string of the molecule is SCCCCC(CCCS)CCCCS. The summed E-state index contributed by atoms with van der Waals surface area (Å²) < 4.78 is 0. The van der Waals surface area contributed by atoms with Gasteiger partial charge in [-0.1, -0.05) is 25.7 Å². The van der Waals surface area contributed by atoms with Gasteiger partial charge in [-0.3, -0.25) is 0 Å². The Morgan fingerprint density at radius 3 is 1.33 bits per heavy atom. The topological polar surface area (TPSA) is 0 Å². The number of unbranched alkanes of at least 4 members (excludes halogenated alkanes) is 2. The average molecular weight is 267 g/mol. The summed E-state index contributed by atoms with van der Waals surface area (Å²) in [6.45, 7) is 0. The molecule has 0 spiro atoms. The molecule has 0 nitrogen and oxygen atoms in total. The van der Waals surface area contributed by atoms with Crippen molar-refractivity contribution < 1.29 is 0 Å². The van der Waals surface area contributed by atoms with Crippen LogP contribution in [0.2, 0.25) is 0 Å². The normalized spacial score (nSPS) is 11.2. The van der Waals surface area contributed by atoms with Gasteiger partial charge in [-0.15, -0.1) is 0 Å². The highest BCUT2D eigenvalue weighted by Gasteiger charge is 2.07. The Bertz CT molecular complexity index is 107. The molecule has 0 aromatic carbocycles. The zero-order valence-corrected chi connectivity index (χ0v) is 12.4. The molecule has 3 heteroatoms. The van der Waals surface area contributed by atoms with E-state index in [1.54, 1.807) is 0 Å². The summed E-state index contributed by atoms with van der Waals surface area (Å²) in [7, 11) is 0. The lowest BCUT2D eigenvalue weighted by Crippen LogP contribution is -2.02. The summed E-state index contributed by atoms with van der Waals surface area (Å²) in [4.78, 5) is 0. The second kappa shape index (κ2) is 13.1. The quantitative estimate of drug-likeness (QED) is 0.356. The van der Waals surface area contributed by atoms with E-state index in [-0.39, 0.29) is 0 Å². The van der Waals surface area contributed by atoms with E-state index in [9.17, 15) is 0 Å². The van der Waals surface area contributed by atoms with Gasteiger partial charge in [0, 0.05) is 0 Å². The van der Waals surface area contributed by atoms with Crippen LogP contribution in [0.4, 0.5) is 0 Å². The maximum atomic E-state index is 4.29. The van der Waals surface area contributed by atoms with E-state index in [4.69, 9.17) is 0 Å². The van der Waals surface area contributed by atoms with Crippen molar-refractivity contribution in [3.05, 3.63) is 0 Å². The van der Waals surface area contributed by atoms with Gasteiger partial charge < -0.3 is 0 Å². The Kier molecular flexibility index (Phi) is 14.0. The fourth-order valence-corrected chi connectivity index (χ4v) is 2.53. The van der Waals surface area contributed by atoms with Gasteiger partial charge in [-0.2, -0.15) is 37.9 Å². The third kappa shape index (κ3) is 11.3. The molecule has 0 aliphatic heterocycles. The van der Waals surface area contributed by atoms with Crippen LogP contribution >= 0.6 is 37.9 Å². The van der Waals surface area contributed by atoms with Crippen molar-refractivity contribution in [3.63, 3.8) is 0 Å². The smallest absolute Gasteiger partial charge is 0.00978 e. The fraction of sp³-hybridized carbons (Fsp3) is 1.00. The summed E-state index contributed by atoms with van der Waals surface area (Å²) in [5.74, 6) is 4.04. The second-order valence-electron chi connectivity index (χ2n) is 4.17. The van der Waals surface area contributed by atoms with Gasteiger partial charge in [0.1, 0.15) is 0 Å². The van der Waals surface area contributed by atoms with Crippen molar-refractivity contribution in [2.24, 2.45) is 5.92 Å². The summed E-state index contributed by atoms with van der Waals surface area (Å²) in [5.41, 5.74) is 0. The Balaban J connectivity index is 3.53. The number of hydrogen-bond acceptors (Lipinski definition) is 3. The summed E-state index contributed by atoms with van der Waals surface area (Å²) in [5, 5.41) is 0. The maximum Gasteiger partial charge on any atom is -0.00978 e. The van der Waals surface area contributed by atoms with Gasteiger partial charge in [0.05, 0.1) is 0 Å². The van der Waals surface area contributed by atoms with E-state index >= 15 is 0 Å². The minimum Gasteiger partial charge on any atom is -0.179 e. The molecule has 92 valence electrons. The molecular weight excluding hydrogens is 240 g/mol. The predicted octanol–water partition coefficient (Wildman–Crippen LogP) is 4.51. The molecule has 0 aliphatic carbocycles. The number of hydrogen-bond donors (Lipinski definition) is 3. The summed E-state index contributed by atoms with van der Waals surface area (Å²) >= 11 is 12.8. The van der Waals surface area contributed by atoms with Gasteiger partial charge in [0.2, 0.25) is 0 Å². The first-order valence-corrected chi connectivity index (χ1v) is 8.07. The lowest BCUT2D eigenvalue weighted by molar-refractivity contribution is 0.392. The monoisotopic (exact) mass is 266 g/mol. The Morgan fingerprint density at radius 2 is 0.933 bits per heavy atom. The van der Waals surface area contributed by atoms with Crippen molar-refractivity contribution in [2.45, 2.75) is 51.4 Å². The molecular formula is C12H26S3. The largest absolute Gasteiger partial charge is 0.179 e. The van der Waals surface area contributed by atoms with Crippen molar-refractivity contribution in [1.82, 2.24) is 0 Å². The number of rotatable bonds is 11. The van der Waals surface area contributed by atoms with Crippen molar-refractivity contribution in [3.8, 4) is 0 Å². The van der Waals surface area contributed by atoms with E-state index < -0.39 is 0 Å². The average Bonchev–Trinajstić information content (AvgIpc) is 2.25. The van der Waals surface area contributed by atoms with Crippen LogP contribution in [-0.2, 0) is 0 Å². The third-order valence-corrected chi connectivity index (χ3v) is 3.76. The molecule has 0 rings (SSSR count). The standard InChI is InChI=1S/C12H26S3/c13-9-3-1-6-12(8-5-11-15)7-2-4-10-14/h12-15H,1-11H2. The van der Waals surface area contributed by atoms with Gasteiger partial charge in [0.25, 0.3) is 0 Å². The molecule has 0 bridgehead atoms. The van der Waals surface area contributed by atoms with Crippen LogP contribution in [0.3, 0.4) is 0 Å². The maximum absolute atomic E-state index is 4.29. The molecule has 0 fully saturated rings. The first kappa shape index (κ1) is 16.1. The Morgan fingerprint density at radius 1 is 0.533 bits per heavy atom. The molecule has 0 amide bonds. The number of thiol groups is 3. The lowest BCUT2D eigenvalue weighted by atomic mass is 9.92. The highest BCUT2D eigenvalue weighted by atomic mass is 32.1. The molecule has 0 saturated heterocycles. The fourth-order valence-electron chi connectivity index (χ4n) is 1.90. The van der Waals surface area contributed by atoms with Crippen LogP contribution in [0.5, 0.6) is 0 Å². The summed E-state index contributed by atoms with van der Waals surface area (Å²) in [6, 6.07) is 0. The Labute approximate surface area is 112 Å². The van der Waals surface area contributed by atoms with E-state index in [0.717, 1.165) is 23.2 Å². The molecule has 15 heavy (non-hydrogen) atoms. The minimum atomic E-state index is 0.928. The van der Waals surface area contributed by atoms with E-state index in [1.807, 2.05) is 0 Å². The van der Waals surface area contributed by atoms with E-state index in [2.05, 4.69) is 37.9 Å². The second-order valence-corrected chi connectivity index (χ2v) is 5.51. The van der Waals surface area contributed by atoms with Gasteiger partial charge in [-0.05, 0) is 48.9 Å². The van der Waals surface area contributed by atoms with Gasteiger partial charge in [-0.25, -0.2) is 0 Å². The molecule has 0 aromatic heterocycles. The Hall–Kier alpha value is 1.05. The van der Waals surface area contributed by atoms with Crippen LogP contribution < -0.4 is 0 Å². The summed E-state index contributed by atoms with van der Waals surface area (Å²) in [6.07, 6.45) is 10.7. The molecule has 0 saturated carbocycles. The van der Waals surface area contributed by atoms with Crippen molar-refractivity contribution in [2.75, 3.05) is 17.3 Å². The highest BCUT2D eigenvalue weighted by molar-refractivity contribution is 7.80. The molecule has 0 heterocycles.